The van der Waals surface area contributed by atoms with Crippen molar-refractivity contribution in [2.24, 2.45) is 0 Å². The average Bonchev–Trinajstić information content (AvgIpc) is 2.22. The van der Waals surface area contributed by atoms with E-state index in [0.717, 1.165) is 19.3 Å². The van der Waals surface area contributed by atoms with Crippen molar-refractivity contribution in [2.45, 2.75) is 25.7 Å². The van der Waals surface area contributed by atoms with Crippen LogP contribution < -0.4 is 0 Å². The fourth-order valence-electron chi connectivity index (χ4n) is 1.17. The molecule has 0 heterocycles. The third-order valence-electron chi connectivity index (χ3n) is 1.94. The summed E-state index contributed by atoms with van der Waals surface area (Å²) in [5.74, 6) is 0. The standard InChI is InChI=1S/C14H17/c1-2-4-6-8-10-12-14-13-11-9-7-5-3-1/h1-4,7,9,11-12,14H,5-6,8,10H2/b3-1-,4-2+,9-7-,13-11?,14-12-. The van der Waals surface area contributed by atoms with Crippen molar-refractivity contribution in [3.63, 3.8) is 0 Å². The van der Waals surface area contributed by atoms with Crippen LogP contribution in [0.25, 0.3) is 0 Å². The van der Waals surface area contributed by atoms with Gasteiger partial charge in [0.25, 0.3) is 0 Å². The topological polar surface area (TPSA) is 0 Å². The first-order valence-corrected chi connectivity index (χ1v) is 5.21. The summed E-state index contributed by atoms with van der Waals surface area (Å²) < 4.78 is 0. The monoisotopic (exact) mass is 185 g/mol. The molecule has 0 saturated carbocycles. The smallest absolute Gasteiger partial charge is 0.0163 e. The summed E-state index contributed by atoms with van der Waals surface area (Å²) in [5, 5.41) is 0. The molecule has 0 heteroatoms. The highest BCUT2D eigenvalue weighted by molar-refractivity contribution is 5.10. The Bertz CT molecular complexity index is 262. The van der Waals surface area contributed by atoms with E-state index in [1.807, 2.05) is 18.2 Å². The van der Waals surface area contributed by atoms with Crippen LogP contribution in [0, 0.1) is 6.08 Å². The Hall–Kier alpha value is -1.30. The van der Waals surface area contributed by atoms with Crippen molar-refractivity contribution in [2.75, 3.05) is 0 Å². The highest BCUT2D eigenvalue weighted by atomic mass is 13.9. The van der Waals surface area contributed by atoms with E-state index < -0.39 is 0 Å². The number of rotatable bonds is 0. The molecule has 0 N–H and O–H groups in total. The van der Waals surface area contributed by atoms with Crippen LogP contribution >= 0.6 is 0 Å². The van der Waals surface area contributed by atoms with Crippen LogP contribution in [0.2, 0.25) is 0 Å². The lowest BCUT2D eigenvalue weighted by Crippen LogP contribution is -1.69. The van der Waals surface area contributed by atoms with Crippen LogP contribution in [0.5, 0.6) is 0 Å². The maximum absolute atomic E-state index is 3.10. The molecular formula is C14H17. The van der Waals surface area contributed by atoms with Gasteiger partial charge in [-0.1, -0.05) is 54.7 Å². The molecule has 0 fully saturated rings. The lowest BCUT2D eigenvalue weighted by molar-refractivity contribution is 0.868. The van der Waals surface area contributed by atoms with Crippen molar-refractivity contribution in [1.29, 1.82) is 0 Å². The van der Waals surface area contributed by atoms with Gasteiger partial charge < -0.3 is 0 Å². The first-order chi connectivity index (χ1) is 7.00. The molecule has 0 bridgehead atoms. The largest absolute Gasteiger partial charge is 0.0845 e. The Morgan fingerprint density at radius 1 is 0.786 bits per heavy atom. The summed E-state index contributed by atoms with van der Waals surface area (Å²) in [4.78, 5) is 0. The molecule has 1 radical (unpaired) electrons. The molecule has 14 heavy (non-hydrogen) atoms. The molecule has 0 spiro atoms. The van der Waals surface area contributed by atoms with Gasteiger partial charge in [0, 0.05) is 0 Å². The fraction of sp³-hybridized carbons (Fsp3) is 0.286. The van der Waals surface area contributed by atoms with Gasteiger partial charge in [-0.05, 0) is 31.8 Å². The maximum Gasteiger partial charge on any atom is -0.0163 e. The molecule has 0 aromatic rings. The highest BCUT2D eigenvalue weighted by Crippen LogP contribution is 1.99. The van der Waals surface area contributed by atoms with E-state index in [1.165, 1.54) is 6.42 Å². The Morgan fingerprint density at radius 3 is 2.57 bits per heavy atom. The SMILES string of the molecule is [C]1=C/C=C\C/C=C\C=C\CCC\C=C/1. The Kier molecular flexibility index (Phi) is 6.39. The molecule has 0 aliphatic heterocycles. The van der Waals surface area contributed by atoms with Crippen LogP contribution in [0.1, 0.15) is 25.7 Å². The maximum atomic E-state index is 3.10. The van der Waals surface area contributed by atoms with Gasteiger partial charge in [-0.15, -0.1) is 0 Å². The minimum atomic E-state index is 0.992. The third-order valence-corrected chi connectivity index (χ3v) is 1.94. The second-order valence-electron chi connectivity index (χ2n) is 3.19. The molecule has 0 aromatic heterocycles. The van der Waals surface area contributed by atoms with E-state index in [2.05, 4.69) is 42.5 Å². The summed E-state index contributed by atoms with van der Waals surface area (Å²) in [7, 11) is 0. The zero-order valence-corrected chi connectivity index (χ0v) is 8.52. The fourth-order valence-corrected chi connectivity index (χ4v) is 1.17. The van der Waals surface area contributed by atoms with Crippen molar-refractivity contribution in [1.82, 2.24) is 0 Å². The predicted octanol–water partition coefficient (Wildman–Crippen LogP) is 4.14. The van der Waals surface area contributed by atoms with Gasteiger partial charge in [0.05, 0.1) is 0 Å². The Balaban J connectivity index is 2.45. The molecule has 0 aromatic carbocycles. The summed E-state index contributed by atoms with van der Waals surface area (Å²) in [5.41, 5.74) is 0. The van der Waals surface area contributed by atoms with Gasteiger partial charge in [0.2, 0.25) is 0 Å². The number of allylic oxidation sites excluding steroid dienone is 10. The average molecular weight is 185 g/mol. The molecule has 0 unspecified atom stereocenters. The number of hydrogen-bond donors (Lipinski definition) is 0. The lowest BCUT2D eigenvalue weighted by atomic mass is 10.2. The zero-order valence-electron chi connectivity index (χ0n) is 8.52. The van der Waals surface area contributed by atoms with Gasteiger partial charge >= 0.3 is 0 Å². The van der Waals surface area contributed by atoms with Crippen molar-refractivity contribution in [3.05, 3.63) is 60.8 Å². The van der Waals surface area contributed by atoms with E-state index in [0.29, 0.717) is 0 Å². The van der Waals surface area contributed by atoms with Crippen molar-refractivity contribution in [3.8, 4) is 0 Å². The third kappa shape index (κ3) is 6.24. The molecule has 1 aliphatic rings. The number of hydrogen-bond acceptors (Lipinski definition) is 0. The summed E-state index contributed by atoms with van der Waals surface area (Å²) in [6.45, 7) is 0. The lowest BCUT2D eigenvalue weighted by Gasteiger charge is -1.88. The quantitative estimate of drug-likeness (QED) is 0.532. The van der Waals surface area contributed by atoms with E-state index in [-0.39, 0.29) is 0 Å². The normalized spacial score (nSPS) is 29.7. The molecule has 0 nitrogen and oxygen atoms in total. The van der Waals surface area contributed by atoms with E-state index in [9.17, 15) is 0 Å². The van der Waals surface area contributed by atoms with Gasteiger partial charge in [0.1, 0.15) is 0 Å². The summed E-state index contributed by atoms with van der Waals surface area (Å²) in [6, 6.07) is 0. The van der Waals surface area contributed by atoms with E-state index >= 15 is 0 Å². The second-order valence-corrected chi connectivity index (χ2v) is 3.19. The van der Waals surface area contributed by atoms with Crippen LogP contribution in [0.4, 0.5) is 0 Å². The summed E-state index contributed by atoms with van der Waals surface area (Å²) >= 11 is 0. The van der Waals surface area contributed by atoms with Crippen LogP contribution in [-0.4, -0.2) is 0 Å². The molecule has 0 amide bonds. The molecule has 1 rings (SSSR count). The minimum absolute atomic E-state index is 0.992. The van der Waals surface area contributed by atoms with Gasteiger partial charge in [-0.2, -0.15) is 0 Å². The van der Waals surface area contributed by atoms with Gasteiger partial charge in [-0.25, -0.2) is 0 Å². The molecule has 0 atom stereocenters. The highest BCUT2D eigenvalue weighted by Gasteiger charge is 1.79. The Labute approximate surface area is 87.0 Å². The Morgan fingerprint density at radius 2 is 1.57 bits per heavy atom. The molecule has 0 saturated heterocycles. The summed E-state index contributed by atoms with van der Waals surface area (Å²) in [6.07, 6.45) is 26.5. The predicted molar refractivity (Wildman–Crippen MR) is 62.8 cm³/mol. The van der Waals surface area contributed by atoms with Crippen LogP contribution in [-0.2, 0) is 0 Å². The first kappa shape index (κ1) is 10.8. The van der Waals surface area contributed by atoms with Gasteiger partial charge in [0.15, 0.2) is 0 Å². The first-order valence-electron chi connectivity index (χ1n) is 5.21. The molecule has 1 aliphatic carbocycles. The minimum Gasteiger partial charge on any atom is -0.0845 e. The molecule has 73 valence electrons. The second kappa shape index (κ2) is 8.31. The van der Waals surface area contributed by atoms with Crippen LogP contribution in [0.3, 0.4) is 0 Å². The molecular weight excluding hydrogens is 168 g/mol. The van der Waals surface area contributed by atoms with Gasteiger partial charge in [-0.3, -0.25) is 0 Å². The van der Waals surface area contributed by atoms with Crippen molar-refractivity contribution < 1.29 is 0 Å². The van der Waals surface area contributed by atoms with E-state index in [1.54, 1.807) is 0 Å². The van der Waals surface area contributed by atoms with E-state index in [4.69, 9.17) is 0 Å². The zero-order chi connectivity index (χ0) is 9.90. The van der Waals surface area contributed by atoms with Crippen LogP contribution in [0.15, 0.2) is 54.7 Å². The van der Waals surface area contributed by atoms with Crippen molar-refractivity contribution >= 4 is 0 Å².